The number of carbonyl (C=O) groups excluding carboxylic acids is 2. The highest BCUT2D eigenvalue weighted by molar-refractivity contribution is 5.69. The van der Waals surface area contributed by atoms with Gasteiger partial charge in [-0.05, 0) is 24.3 Å². The van der Waals surface area contributed by atoms with Crippen molar-refractivity contribution in [2.45, 2.75) is 6.92 Å². The van der Waals surface area contributed by atoms with Crippen molar-refractivity contribution in [3.05, 3.63) is 24.3 Å². The average Bonchev–Trinajstić information content (AvgIpc) is 2.20. The molecule has 0 radical (unpaired) electrons. The van der Waals surface area contributed by atoms with Crippen LogP contribution in [0, 0.1) is 0 Å². The lowest BCUT2D eigenvalue weighted by molar-refractivity contribution is -0.131. The number of esters is 1. The van der Waals surface area contributed by atoms with E-state index in [2.05, 4.69) is 4.74 Å². The summed E-state index contributed by atoms with van der Waals surface area (Å²) >= 11 is 0. The number of ether oxygens (including phenoxy) is 3. The van der Waals surface area contributed by atoms with Crippen molar-refractivity contribution in [2.24, 2.45) is 0 Å². The van der Waals surface area contributed by atoms with Gasteiger partial charge >= 0.3 is 12.1 Å². The van der Waals surface area contributed by atoms with Gasteiger partial charge < -0.3 is 14.2 Å². The Balaban J connectivity index is 2.64. The quantitative estimate of drug-likeness (QED) is 0.422. The number of hydrogen-bond acceptors (Lipinski definition) is 5. The Labute approximate surface area is 86.6 Å². The molecule has 0 atom stereocenters. The molecule has 0 amide bonds. The van der Waals surface area contributed by atoms with Crippen LogP contribution in [-0.4, -0.2) is 19.2 Å². The summed E-state index contributed by atoms with van der Waals surface area (Å²) in [5.74, 6) is 0.300. The van der Waals surface area contributed by atoms with Crippen LogP contribution in [0.5, 0.6) is 11.5 Å². The molecule has 0 saturated heterocycles. The minimum atomic E-state index is -0.796. The van der Waals surface area contributed by atoms with Crippen LogP contribution in [-0.2, 0) is 9.53 Å². The number of benzene rings is 1. The van der Waals surface area contributed by atoms with Crippen LogP contribution < -0.4 is 9.47 Å². The summed E-state index contributed by atoms with van der Waals surface area (Å²) < 4.78 is 13.8. The van der Waals surface area contributed by atoms with Crippen LogP contribution >= 0.6 is 0 Å². The zero-order chi connectivity index (χ0) is 11.3. The van der Waals surface area contributed by atoms with Crippen LogP contribution in [0.4, 0.5) is 4.79 Å². The molecule has 1 aromatic rings. The fraction of sp³-hybridized carbons (Fsp3) is 0.200. The molecule has 0 N–H and O–H groups in total. The molecule has 15 heavy (non-hydrogen) atoms. The molecule has 80 valence electrons. The van der Waals surface area contributed by atoms with Gasteiger partial charge in [0.15, 0.2) is 0 Å². The van der Waals surface area contributed by atoms with Crippen LogP contribution in [0.15, 0.2) is 24.3 Å². The standard InChI is InChI=1S/C10H10O5/c1-7(11)14-8-3-5-9(6-4-8)15-10(12)13-2/h3-6H,1-2H3. The number of rotatable bonds is 2. The number of hydrogen-bond donors (Lipinski definition) is 0. The van der Waals surface area contributed by atoms with Gasteiger partial charge in [0.25, 0.3) is 0 Å². The SMILES string of the molecule is COC(=O)Oc1ccc(OC(C)=O)cc1. The molecule has 0 spiro atoms. The lowest BCUT2D eigenvalue weighted by atomic mass is 10.3. The molecule has 0 saturated carbocycles. The van der Waals surface area contributed by atoms with Gasteiger partial charge in [-0.15, -0.1) is 0 Å². The van der Waals surface area contributed by atoms with Gasteiger partial charge in [-0.25, -0.2) is 4.79 Å². The highest BCUT2D eigenvalue weighted by Crippen LogP contribution is 2.17. The first-order chi connectivity index (χ1) is 7.11. The molecule has 1 rings (SSSR count). The predicted octanol–water partition coefficient (Wildman–Crippen LogP) is 1.76. The summed E-state index contributed by atoms with van der Waals surface area (Å²) in [6.07, 6.45) is -0.796. The summed E-state index contributed by atoms with van der Waals surface area (Å²) in [6, 6.07) is 6.02. The third-order valence-electron chi connectivity index (χ3n) is 1.45. The monoisotopic (exact) mass is 210 g/mol. The fourth-order valence-corrected chi connectivity index (χ4v) is 0.880. The summed E-state index contributed by atoms with van der Waals surface area (Å²) in [5, 5.41) is 0. The summed E-state index contributed by atoms with van der Waals surface area (Å²) in [4.78, 5) is 21.3. The van der Waals surface area contributed by atoms with Crippen molar-refractivity contribution in [3.8, 4) is 11.5 Å². The highest BCUT2D eigenvalue weighted by Gasteiger charge is 2.03. The maximum atomic E-state index is 10.7. The Morgan fingerprint density at radius 1 is 1.00 bits per heavy atom. The smallest absolute Gasteiger partial charge is 0.437 e. The third kappa shape index (κ3) is 3.68. The van der Waals surface area contributed by atoms with E-state index in [4.69, 9.17) is 9.47 Å². The van der Waals surface area contributed by atoms with E-state index in [0.717, 1.165) is 0 Å². The van der Waals surface area contributed by atoms with Gasteiger partial charge in [0.1, 0.15) is 11.5 Å². The Morgan fingerprint density at radius 3 is 1.87 bits per heavy atom. The molecule has 0 heterocycles. The lowest BCUT2D eigenvalue weighted by Crippen LogP contribution is -2.07. The maximum Gasteiger partial charge on any atom is 0.513 e. The average molecular weight is 210 g/mol. The minimum absolute atomic E-state index is 0.317. The second kappa shape index (κ2) is 4.99. The molecule has 5 nitrogen and oxygen atoms in total. The van der Waals surface area contributed by atoms with Gasteiger partial charge in [-0.1, -0.05) is 0 Å². The van der Waals surface area contributed by atoms with E-state index < -0.39 is 12.1 Å². The zero-order valence-electron chi connectivity index (χ0n) is 8.35. The van der Waals surface area contributed by atoms with Crippen LogP contribution in [0.2, 0.25) is 0 Å². The minimum Gasteiger partial charge on any atom is -0.437 e. The van der Waals surface area contributed by atoms with Crippen LogP contribution in [0.1, 0.15) is 6.92 Å². The maximum absolute atomic E-state index is 10.7. The van der Waals surface area contributed by atoms with Gasteiger partial charge in [-0.2, -0.15) is 0 Å². The van der Waals surface area contributed by atoms with Crippen LogP contribution in [0.25, 0.3) is 0 Å². The molecular weight excluding hydrogens is 200 g/mol. The molecule has 0 fully saturated rings. The van der Waals surface area contributed by atoms with E-state index in [0.29, 0.717) is 11.5 Å². The second-order valence-corrected chi connectivity index (χ2v) is 2.62. The van der Waals surface area contributed by atoms with Gasteiger partial charge in [0, 0.05) is 6.92 Å². The van der Waals surface area contributed by atoms with Gasteiger partial charge in [0.05, 0.1) is 7.11 Å². The fourth-order valence-electron chi connectivity index (χ4n) is 0.880. The van der Waals surface area contributed by atoms with E-state index in [1.54, 1.807) is 0 Å². The predicted molar refractivity (Wildman–Crippen MR) is 50.8 cm³/mol. The van der Waals surface area contributed by atoms with Crippen molar-refractivity contribution in [3.63, 3.8) is 0 Å². The van der Waals surface area contributed by atoms with Crippen molar-refractivity contribution >= 4 is 12.1 Å². The number of methoxy groups -OCH3 is 1. The van der Waals surface area contributed by atoms with Crippen molar-refractivity contribution < 1.29 is 23.8 Å². The Morgan fingerprint density at radius 2 is 1.47 bits per heavy atom. The van der Waals surface area contributed by atoms with E-state index in [-0.39, 0.29) is 0 Å². The van der Waals surface area contributed by atoms with E-state index in [9.17, 15) is 9.59 Å². The second-order valence-electron chi connectivity index (χ2n) is 2.62. The van der Waals surface area contributed by atoms with Crippen LogP contribution in [0.3, 0.4) is 0 Å². The van der Waals surface area contributed by atoms with E-state index in [1.807, 2.05) is 0 Å². The van der Waals surface area contributed by atoms with Crippen molar-refractivity contribution in [1.29, 1.82) is 0 Å². The molecule has 0 aliphatic rings. The molecule has 0 aliphatic heterocycles. The molecular formula is C10H10O5. The van der Waals surface area contributed by atoms with Crippen molar-refractivity contribution in [2.75, 3.05) is 7.11 Å². The lowest BCUT2D eigenvalue weighted by Gasteiger charge is -2.03. The largest absolute Gasteiger partial charge is 0.513 e. The highest BCUT2D eigenvalue weighted by atomic mass is 16.7. The first-order valence-corrected chi connectivity index (χ1v) is 4.16. The molecule has 0 aromatic heterocycles. The first kappa shape index (κ1) is 11.0. The first-order valence-electron chi connectivity index (χ1n) is 4.16. The summed E-state index contributed by atoms with van der Waals surface area (Å²) in [7, 11) is 1.22. The third-order valence-corrected chi connectivity index (χ3v) is 1.45. The Hall–Kier alpha value is -2.04. The van der Waals surface area contributed by atoms with Gasteiger partial charge in [0.2, 0.25) is 0 Å². The normalized spacial score (nSPS) is 9.20. The van der Waals surface area contributed by atoms with E-state index in [1.165, 1.54) is 38.3 Å². The summed E-state index contributed by atoms with van der Waals surface area (Å²) in [6.45, 7) is 1.30. The van der Waals surface area contributed by atoms with Crippen molar-refractivity contribution in [1.82, 2.24) is 0 Å². The molecule has 5 heteroatoms. The molecule has 0 bridgehead atoms. The Bertz CT molecular complexity index is 355. The zero-order valence-corrected chi connectivity index (χ0v) is 8.35. The van der Waals surface area contributed by atoms with Gasteiger partial charge in [-0.3, -0.25) is 4.79 Å². The Kier molecular flexibility index (Phi) is 3.68. The summed E-state index contributed by atoms with van der Waals surface area (Å²) in [5.41, 5.74) is 0. The molecule has 1 aromatic carbocycles. The molecule has 0 aliphatic carbocycles. The van der Waals surface area contributed by atoms with E-state index >= 15 is 0 Å². The topological polar surface area (TPSA) is 61.8 Å². The molecule has 0 unspecified atom stereocenters. The number of carbonyl (C=O) groups is 2.